The topological polar surface area (TPSA) is 15.6 Å². The lowest BCUT2D eigenvalue weighted by Gasteiger charge is -2.35. The predicted molar refractivity (Wildman–Crippen MR) is 77.5 cm³/mol. The Bertz CT molecular complexity index is 288. The van der Waals surface area contributed by atoms with E-state index in [4.69, 9.17) is 4.40 Å². The summed E-state index contributed by atoms with van der Waals surface area (Å²) < 4.78 is 4.79. The van der Waals surface area contributed by atoms with E-state index >= 15 is 0 Å². The van der Waals surface area contributed by atoms with Crippen LogP contribution in [0.3, 0.4) is 0 Å². The molecule has 2 heterocycles. The second kappa shape index (κ2) is 6.48. The molecule has 2 aliphatic rings. The lowest BCUT2D eigenvalue weighted by Crippen LogP contribution is -2.42. The molecule has 2 aliphatic heterocycles. The Morgan fingerprint density at radius 3 is 3.06 bits per heavy atom. The Morgan fingerprint density at radius 1 is 1.41 bits per heavy atom. The molecule has 2 nitrogen and oxygen atoms in total. The number of rotatable bonds is 2. The first-order valence-electron chi connectivity index (χ1n) is 6.91. The third-order valence-electron chi connectivity index (χ3n) is 3.73. The van der Waals surface area contributed by atoms with Gasteiger partial charge in [0.15, 0.2) is 0 Å². The molecule has 1 fully saturated rings. The highest BCUT2D eigenvalue weighted by atomic mass is 32.2. The Kier molecular flexibility index (Phi) is 4.96. The van der Waals surface area contributed by atoms with Gasteiger partial charge in [-0.15, -0.1) is 6.58 Å². The van der Waals surface area contributed by atoms with Crippen molar-refractivity contribution < 1.29 is 0 Å². The normalized spacial score (nSPS) is 30.6. The first kappa shape index (κ1) is 13.0. The van der Waals surface area contributed by atoms with Gasteiger partial charge >= 0.3 is 0 Å². The van der Waals surface area contributed by atoms with Gasteiger partial charge in [-0.25, -0.2) is 4.40 Å². The molecule has 3 heteroatoms. The van der Waals surface area contributed by atoms with Crippen LogP contribution >= 0.6 is 11.9 Å². The smallest absolute Gasteiger partial charge is 0.115 e. The van der Waals surface area contributed by atoms with E-state index in [1.165, 1.54) is 51.0 Å². The lowest BCUT2D eigenvalue weighted by atomic mass is 10.0. The molecule has 2 rings (SSSR count). The van der Waals surface area contributed by atoms with Gasteiger partial charge in [-0.2, -0.15) is 0 Å². The molecule has 0 N–H and O–H groups in total. The molecule has 1 saturated heterocycles. The molecule has 17 heavy (non-hydrogen) atoms. The standard InChI is InChI=1S/C14H24N2S/c1-3-8-13-11-16-10-7-5-4-6-9-12(2)14(16)15-17-13/h3,12-13H,1,4-11H2,2H3. The molecular formula is C14H24N2S. The Morgan fingerprint density at radius 2 is 2.24 bits per heavy atom. The van der Waals surface area contributed by atoms with E-state index in [2.05, 4.69) is 18.4 Å². The molecule has 0 saturated carbocycles. The molecule has 0 amide bonds. The summed E-state index contributed by atoms with van der Waals surface area (Å²) in [6.45, 7) is 8.55. The summed E-state index contributed by atoms with van der Waals surface area (Å²) in [5.41, 5.74) is 0. The zero-order valence-electron chi connectivity index (χ0n) is 10.9. The Labute approximate surface area is 110 Å². The predicted octanol–water partition coefficient (Wildman–Crippen LogP) is 3.89. The van der Waals surface area contributed by atoms with Crippen LogP contribution in [0.2, 0.25) is 0 Å². The third-order valence-corrected chi connectivity index (χ3v) is 4.66. The summed E-state index contributed by atoms with van der Waals surface area (Å²) in [7, 11) is 0. The number of amidine groups is 1. The average molecular weight is 252 g/mol. The summed E-state index contributed by atoms with van der Waals surface area (Å²) in [6.07, 6.45) is 9.89. The monoisotopic (exact) mass is 252 g/mol. The van der Waals surface area contributed by atoms with E-state index in [0.717, 1.165) is 6.42 Å². The van der Waals surface area contributed by atoms with Crippen molar-refractivity contribution >= 4 is 17.8 Å². The molecule has 0 bridgehead atoms. The highest BCUT2D eigenvalue weighted by molar-refractivity contribution is 7.98. The summed E-state index contributed by atoms with van der Waals surface area (Å²) in [6, 6.07) is 0. The van der Waals surface area contributed by atoms with Gasteiger partial charge in [0.1, 0.15) is 5.84 Å². The SMILES string of the molecule is C=CCC1CN2CCCCCCC(C)C2=NS1. The van der Waals surface area contributed by atoms with Crippen molar-refractivity contribution in [1.29, 1.82) is 0 Å². The van der Waals surface area contributed by atoms with Gasteiger partial charge in [0, 0.05) is 24.3 Å². The maximum Gasteiger partial charge on any atom is 0.115 e. The van der Waals surface area contributed by atoms with Crippen LogP contribution in [-0.2, 0) is 0 Å². The van der Waals surface area contributed by atoms with Crippen molar-refractivity contribution in [2.24, 2.45) is 10.3 Å². The fourth-order valence-electron chi connectivity index (χ4n) is 2.71. The highest BCUT2D eigenvalue weighted by Crippen LogP contribution is 2.28. The van der Waals surface area contributed by atoms with Crippen LogP contribution in [0.4, 0.5) is 0 Å². The van der Waals surface area contributed by atoms with E-state index < -0.39 is 0 Å². The third kappa shape index (κ3) is 3.51. The van der Waals surface area contributed by atoms with Gasteiger partial charge in [0.25, 0.3) is 0 Å². The van der Waals surface area contributed by atoms with Crippen molar-refractivity contribution in [1.82, 2.24) is 4.90 Å². The van der Waals surface area contributed by atoms with Crippen LogP contribution in [0, 0.1) is 5.92 Å². The number of fused-ring (bicyclic) bond motifs is 1. The van der Waals surface area contributed by atoms with Crippen LogP contribution in [0.5, 0.6) is 0 Å². The van der Waals surface area contributed by atoms with Crippen molar-refractivity contribution in [3.05, 3.63) is 12.7 Å². The zero-order chi connectivity index (χ0) is 12.1. The van der Waals surface area contributed by atoms with Gasteiger partial charge in [-0.1, -0.05) is 32.3 Å². The first-order chi connectivity index (χ1) is 8.31. The molecular weight excluding hydrogens is 228 g/mol. The maximum atomic E-state index is 4.79. The van der Waals surface area contributed by atoms with Crippen LogP contribution < -0.4 is 0 Å². The quantitative estimate of drug-likeness (QED) is 0.547. The van der Waals surface area contributed by atoms with Gasteiger partial charge < -0.3 is 4.90 Å². The Hall–Kier alpha value is -0.440. The van der Waals surface area contributed by atoms with E-state index in [0.29, 0.717) is 11.2 Å². The van der Waals surface area contributed by atoms with Gasteiger partial charge in [-0.05, 0) is 31.2 Å². The van der Waals surface area contributed by atoms with Crippen molar-refractivity contribution in [2.75, 3.05) is 13.1 Å². The van der Waals surface area contributed by atoms with Crippen LogP contribution in [-0.4, -0.2) is 29.1 Å². The second-order valence-electron chi connectivity index (χ2n) is 5.25. The van der Waals surface area contributed by atoms with Gasteiger partial charge in [-0.3, -0.25) is 0 Å². The van der Waals surface area contributed by atoms with Crippen molar-refractivity contribution in [3.63, 3.8) is 0 Å². The van der Waals surface area contributed by atoms with Crippen LogP contribution in [0.15, 0.2) is 17.1 Å². The number of nitrogens with zero attached hydrogens (tertiary/aromatic N) is 2. The fourth-order valence-corrected chi connectivity index (χ4v) is 3.73. The van der Waals surface area contributed by atoms with Crippen LogP contribution in [0.1, 0.15) is 45.4 Å². The van der Waals surface area contributed by atoms with E-state index in [9.17, 15) is 0 Å². The molecule has 0 spiro atoms. The van der Waals surface area contributed by atoms with E-state index in [-0.39, 0.29) is 0 Å². The minimum Gasteiger partial charge on any atom is -0.358 e. The van der Waals surface area contributed by atoms with Gasteiger partial charge in [0.2, 0.25) is 0 Å². The fraction of sp³-hybridized carbons (Fsp3) is 0.786. The molecule has 2 unspecified atom stereocenters. The summed E-state index contributed by atoms with van der Waals surface area (Å²) >= 11 is 1.78. The first-order valence-corrected chi connectivity index (χ1v) is 7.74. The second-order valence-corrected chi connectivity index (χ2v) is 6.31. The minimum absolute atomic E-state index is 0.615. The molecule has 0 aromatic heterocycles. The zero-order valence-corrected chi connectivity index (χ0v) is 11.7. The largest absolute Gasteiger partial charge is 0.358 e. The van der Waals surface area contributed by atoms with Crippen molar-refractivity contribution in [3.8, 4) is 0 Å². The molecule has 96 valence electrons. The summed E-state index contributed by atoms with van der Waals surface area (Å²) in [4.78, 5) is 2.54. The Balaban J connectivity index is 2.06. The highest BCUT2D eigenvalue weighted by Gasteiger charge is 2.26. The number of hydrogen-bond acceptors (Lipinski definition) is 3. The van der Waals surface area contributed by atoms with Gasteiger partial charge in [0.05, 0.1) is 0 Å². The lowest BCUT2D eigenvalue weighted by molar-refractivity contribution is 0.385. The average Bonchev–Trinajstić information content (AvgIpc) is 2.41. The molecule has 0 aliphatic carbocycles. The minimum atomic E-state index is 0.615. The molecule has 0 radical (unpaired) electrons. The molecule has 2 atom stereocenters. The number of hydrogen-bond donors (Lipinski definition) is 0. The van der Waals surface area contributed by atoms with Crippen molar-refractivity contribution in [2.45, 2.75) is 50.7 Å². The molecule has 0 aromatic rings. The van der Waals surface area contributed by atoms with Crippen LogP contribution in [0.25, 0.3) is 0 Å². The molecule has 0 aromatic carbocycles. The number of allylic oxidation sites excluding steroid dienone is 1. The summed E-state index contributed by atoms with van der Waals surface area (Å²) in [5, 5.41) is 0.615. The summed E-state index contributed by atoms with van der Waals surface area (Å²) in [5.74, 6) is 2.00. The maximum absolute atomic E-state index is 4.79. The van der Waals surface area contributed by atoms with E-state index in [1.807, 2.05) is 6.08 Å². The van der Waals surface area contributed by atoms with E-state index in [1.54, 1.807) is 11.9 Å².